The second-order valence-corrected chi connectivity index (χ2v) is 5.16. The first-order valence-corrected chi connectivity index (χ1v) is 6.81. The Morgan fingerprint density at radius 3 is 2.68 bits per heavy atom. The van der Waals surface area contributed by atoms with Gasteiger partial charge in [0.25, 0.3) is 0 Å². The minimum atomic E-state index is -0.222. The smallest absolute Gasteiger partial charge is 0.124 e. The molecule has 0 aliphatic rings. The number of rotatable bonds is 4. The fraction of sp³-hybridized carbons (Fsp3) is 0.200. The Bertz CT molecular complexity index is 572. The van der Waals surface area contributed by atoms with Gasteiger partial charge in [-0.15, -0.1) is 0 Å². The summed E-state index contributed by atoms with van der Waals surface area (Å²) >= 11 is 3.47. The van der Waals surface area contributed by atoms with Crippen molar-refractivity contribution in [2.24, 2.45) is 5.73 Å². The molecular weight excluding hydrogens is 304 g/mol. The monoisotopic (exact) mass is 320 g/mol. The topological polar surface area (TPSA) is 47.3 Å². The minimum absolute atomic E-state index is 0.222. The van der Waals surface area contributed by atoms with E-state index in [0.29, 0.717) is 0 Å². The molecule has 0 aliphatic heterocycles. The van der Waals surface area contributed by atoms with Gasteiger partial charge in [0, 0.05) is 22.8 Å². The Morgan fingerprint density at radius 2 is 2.00 bits per heavy atom. The van der Waals surface area contributed by atoms with Crippen LogP contribution in [0.25, 0.3) is 0 Å². The maximum Gasteiger partial charge on any atom is 0.124 e. The SMILES string of the molecule is CNc1cccc(C(N)c2cc(Br)ccc2OC)c1. The van der Waals surface area contributed by atoms with Crippen LogP contribution in [0.2, 0.25) is 0 Å². The fourth-order valence-corrected chi connectivity index (χ4v) is 2.39. The first-order valence-electron chi connectivity index (χ1n) is 6.02. The summed E-state index contributed by atoms with van der Waals surface area (Å²) in [5.41, 5.74) is 9.41. The van der Waals surface area contributed by atoms with Crippen LogP contribution in [-0.2, 0) is 0 Å². The number of ether oxygens (including phenoxy) is 1. The summed E-state index contributed by atoms with van der Waals surface area (Å²) in [6.45, 7) is 0. The van der Waals surface area contributed by atoms with E-state index in [1.165, 1.54) is 0 Å². The van der Waals surface area contributed by atoms with Crippen molar-refractivity contribution in [3.63, 3.8) is 0 Å². The van der Waals surface area contributed by atoms with Crippen LogP contribution < -0.4 is 15.8 Å². The largest absolute Gasteiger partial charge is 0.496 e. The zero-order valence-corrected chi connectivity index (χ0v) is 12.6. The van der Waals surface area contributed by atoms with E-state index in [0.717, 1.165) is 27.0 Å². The van der Waals surface area contributed by atoms with Crippen molar-refractivity contribution < 1.29 is 4.74 Å². The molecule has 0 radical (unpaired) electrons. The van der Waals surface area contributed by atoms with Crippen LogP contribution in [0.1, 0.15) is 17.2 Å². The third-order valence-electron chi connectivity index (χ3n) is 3.06. The van der Waals surface area contributed by atoms with Crippen LogP contribution in [0, 0.1) is 0 Å². The van der Waals surface area contributed by atoms with Crippen molar-refractivity contribution in [3.8, 4) is 5.75 Å². The summed E-state index contributed by atoms with van der Waals surface area (Å²) in [6.07, 6.45) is 0. The number of nitrogens with one attached hydrogen (secondary N) is 1. The van der Waals surface area contributed by atoms with Gasteiger partial charge >= 0.3 is 0 Å². The maximum absolute atomic E-state index is 6.36. The lowest BCUT2D eigenvalue weighted by atomic mass is 9.98. The van der Waals surface area contributed by atoms with Gasteiger partial charge < -0.3 is 15.8 Å². The Hall–Kier alpha value is -1.52. The third-order valence-corrected chi connectivity index (χ3v) is 3.55. The number of hydrogen-bond donors (Lipinski definition) is 2. The Labute approximate surface area is 121 Å². The van der Waals surface area contributed by atoms with Gasteiger partial charge in [0.1, 0.15) is 5.75 Å². The standard InChI is InChI=1S/C15H17BrN2O/c1-18-12-5-3-4-10(8-12)15(17)13-9-11(16)6-7-14(13)19-2/h3-9,15,18H,17H2,1-2H3. The Kier molecular flexibility index (Phi) is 4.45. The highest BCUT2D eigenvalue weighted by Gasteiger charge is 2.14. The Balaban J connectivity index is 2.42. The molecule has 0 saturated heterocycles. The molecule has 19 heavy (non-hydrogen) atoms. The summed E-state index contributed by atoms with van der Waals surface area (Å²) in [4.78, 5) is 0. The molecule has 3 nitrogen and oxygen atoms in total. The summed E-state index contributed by atoms with van der Waals surface area (Å²) in [6, 6.07) is 13.7. The number of anilines is 1. The molecule has 0 bridgehead atoms. The van der Waals surface area contributed by atoms with Gasteiger partial charge in [-0.05, 0) is 35.9 Å². The lowest BCUT2D eigenvalue weighted by Crippen LogP contribution is -2.13. The number of halogens is 1. The number of benzene rings is 2. The van der Waals surface area contributed by atoms with Gasteiger partial charge in [-0.25, -0.2) is 0 Å². The van der Waals surface area contributed by atoms with Crippen LogP contribution in [0.15, 0.2) is 46.9 Å². The molecule has 0 spiro atoms. The van der Waals surface area contributed by atoms with Crippen molar-refractivity contribution in [1.82, 2.24) is 0 Å². The van der Waals surface area contributed by atoms with Crippen molar-refractivity contribution in [1.29, 1.82) is 0 Å². The van der Waals surface area contributed by atoms with Gasteiger partial charge in [-0.2, -0.15) is 0 Å². The van der Waals surface area contributed by atoms with Gasteiger partial charge in [-0.1, -0.05) is 28.1 Å². The zero-order chi connectivity index (χ0) is 13.8. The average molecular weight is 321 g/mol. The predicted molar refractivity (Wildman–Crippen MR) is 82.7 cm³/mol. The normalized spacial score (nSPS) is 12.0. The fourth-order valence-electron chi connectivity index (χ4n) is 2.02. The van der Waals surface area contributed by atoms with Gasteiger partial charge in [-0.3, -0.25) is 0 Å². The van der Waals surface area contributed by atoms with E-state index in [-0.39, 0.29) is 6.04 Å². The number of methoxy groups -OCH3 is 1. The summed E-state index contributed by atoms with van der Waals surface area (Å²) in [5.74, 6) is 0.797. The molecule has 0 fully saturated rings. The van der Waals surface area contributed by atoms with Crippen LogP contribution in [0.3, 0.4) is 0 Å². The van der Waals surface area contributed by atoms with E-state index in [4.69, 9.17) is 10.5 Å². The molecule has 3 N–H and O–H groups in total. The summed E-state index contributed by atoms with van der Waals surface area (Å²) in [5, 5.41) is 3.12. The van der Waals surface area contributed by atoms with Crippen LogP contribution in [-0.4, -0.2) is 14.2 Å². The highest BCUT2D eigenvalue weighted by Crippen LogP contribution is 2.31. The third kappa shape index (κ3) is 3.08. The molecule has 4 heteroatoms. The molecule has 0 aliphatic carbocycles. The first kappa shape index (κ1) is 13.9. The van der Waals surface area contributed by atoms with Crippen molar-refractivity contribution in [2.45, 2.75) is 6.04 Å². The molecule has 2 aromatic carbocycles. The summed E-state index contributed by atoms with van der Waals surface area (Å²) in [7, 11) is 3.55. The van der Waals surface area contributed by atoms with E-state index in [9.17, 15) is 0 Å². The molecule has 0 amide bonds. The molecule has 1 unspecified atom stereocenters. The highest BCUT2D eigenvalue weighted by molar-refractivity contribution is 9.10. The molecule has 2 rings (SSSR count). The van der Waals surface area contributed by atoms with Crippen LogP contribution in [0.5, 0.6) is 5.75 Å². The molecule has 0 saturated carbocycles. The van der Waals surface area contributed by atoms with Crippen molar-refractivity contribution >= 4 is 21.6 Å². The second-order valence-electron chi connectivity index (χ2n) is 4.24. The van der Waals surface area contributed by atoms with Gasteiger partial charge in [0.15, 0.2) is 0 Å². The highest BCUT2D eigenvalue weighted by atomic mass is 79.9. The van der Waals surface area contributed by atoms with Crippen molar-refractivity contribution in [3.05, 3.63) is 58.1 Å². The number of nitrogens with two attached hydrogens (primary N) is 1. The molecule has 1 atom stereocenters. The van der Waals surface area contributed by atoms with E-state index in [1.54, 1.807) is 7.11 Å². The zero-order valence-electron chi connectivity index (χ0n) is 11.0. The number of hydrogen-bond acceptors (Lipinski definition) is 3. The minimum Gasteiger partial charge on any atom is -0.496 e. The predicted octanol–water partition coefficient (Wildman–Crippen LogP) is 3.55. The molecular formula is C15H17BrN2O. The van der Waals surface area contributed by atoms with Gasteiger partial charge in [0.2, 0.25) is 0 Å². The van der Waals surface area contributed by atoms with Gasteiger partial charge in [0.05, 0.1) is 13.2 Å². The lowest BCUT2D eigenvalue weighted by molar-refractivity contribution is 0.407. The maximum atomic E-state index is 6.36. The van der Waals surface area contributed by atoms with Crippen molar-refractivity contribution in [2.75, 3.05) is 19.5 Å². The lowest BCUT2D eigenvalue weighted by Gasteiger charge is -2.17. The van der Waals surface area contributed by atoms with Crippen LogP contribution >= 0.6 is 15.9 Å². The van der Waals surface area contributed by atoms with E-state index in [1.807, 2.05) is 49.5 Å². The summed E-state index contributed by atoms with van der Waals surface area (Å²) < 4.78 is 6.37. The molecule has 0 aromatic heterocycles. The molecule has 0 heterocycles. The quantitative estimate of drug-likeness (QED) is 0.905. The first-order chi connectivity index (χ1) is 9.15. The average Bonchev–Trinajstić information content (AvgIpc) is 2.46. The van der Waals surface area contributed by atoms with E-state index >= 15 is 0 Å². The van der Waals surface area contributed by atoms with E-state index < -0.39 is 0 Å². The molecule has 100 valence electrons. The Morgan fingerprint density at radius 1 is 1.21 bits per heavy atom. The van der Waals surface area contributed by atoms with E-state index in [2.05, 4.69) is 21.2 Å². The van der Waals surface area contributed by atoms with Crippen LogP contribution in [0.4, 0.5) is 5.69 Å². The second kappa shape index (κ2) is 6.08. The molecule has 2 aromatic rings.